The molecule has 1 fully saturated rings. The van der Waals surface area contributed by atoms with E-state index in [1.54, 1.807) is 0 Å². The van der Waals surface area contributed by atoms with Crippen LogP contribution in [0.5, 0.6) is 0 Å². The number of carbonyl (C=O) groups excluding carboxylic acids is 1. The summed E-state index contributed by atoms with van der Waals surface area (Å²) in [4.78, 5) is 14.1. The molecular formula is C15H23N3OS. The highest BCUT2D eigenvalue weighted by atomic mass is 32.2. The summed E-state index contributed by atoms with van der Waals surface area (Å²) in [6.07, 6.45) is 1.09. The number of hydrogen-bond donors (Lipinski definition) is 2. The van der Waals surface area contributed by atoms with Gasteiger partial charge in [-0.25, -0.2) is 4.79 Å². The first-order valence-electron chi connectivity index (χ1n) is 7.00. The summed E-state index contributed by atoms with van der Waals surface area (Å²) in [5, 5.41) is 6.19. The molecule has 1 aromatic rings. The first-order chi connectivity index (χ1) is 9.61. The van der Waals surface area contributed by atoms with Crippen LogP contribution in [-0.4, -0.2) is 42.6 Å². The highest BCUT2D eigenvalue weighted by Gasteiger charge is 2.23. The Morgan fingerprint density at radius 2 is 2.30 bits per heavy atom. The van der Waals surface area contributed by atoms with Gasteiger partial charge in [0.1, 0.15) is 0 Å². The number of hydrogen-bond acceptors (Lipinski definition) is 3. The van der Waals surface area contributed by atoms with Gasteiger partial charge < -0.3 is 15.5 Å². The fraction of sp³-hybridized carbons (Fsp3) is 0.533. The molecule has 2 rings (SSSR count). The third kappa shape index (κ3) is 3.67. The summed E-state index contributed by atoms with van der Waals surface area (Å²) in [5.74, 6) is 2.19. The van der Waals surface area contributed by atoms with E-state index < -0.39 is 0 Å². The lowest BCUT2D eigenvalue weighted by atomic mass is 10.1. The van der Waals surface area contributed by atoms with Gasteiger partial charge in [0.25, 0.3) is 0 Å². The minimum absolute atomic E-state index is 0.0215. The van der Waals surface area contributed by atoms with E-state index in [-0.39, 0.29) is 12.1 Å². The van der Waals surface area contributed by atoms with Crippen LogP contribution in [-0.2, 0) is 0 Å². The molecule has 2 N–H and O–H groups in total. The van der Waals surface area contributed by atoms with Crippen molar-refractivity contribution in [1.82, 2.24) is 10.2 Å². The van der Waals surface area contributed by atoms with Crippen LogP contribution in [0.3, 0.4) is 0 Å². The van der Waals surface area contributed by atoms with Gasteiger partial charge in [-0.15, -0.1) is 0 Å². The molecule has 0 aliphatic carbocycles. The maximum atomic E-state index is 12.2. The number of amides is 2. The van der Waals surface area contributed by atoms with Gasteiger partial charge >= 0.3 is 6.03 Å². The van der Waals surface area contributed by atoms with Crippen molar-refractivity contribution in [2.45, 2.75) is 25.4 Å². The van der Waals surface area contributed by atoms with Crippen LogP contribution in [0.25, 0.3) is 0 Å². The third-order valence-corrected chi connectivity index (χ3v) is 4.99. The first kappa shape index (κ1) is 15.2. The van der Waals surface area contributed by atoms with Crippen LogP contribution in [0.4, 0.5) is 10.5 Å². The van der Waals surface area contributed by atoms with Crippen molar-refractivity contribution >= 4 is 23.5 Å². The van der Waals surface area contributed by atoms with Crippen LogP contribution in [0.2, 0.25) is 0 Å². The Balaban J connectivity index is 2.00. The summed E-state index contributed by atoms with van der Waals surface area (Å²) >= 11 is 1.91. The van der Waals surface area contributed by atoms with Crippen molar-refractivity contribution in [2.24, 2.45) is 0 Å². The van der Waals surface area contributed by atoms with Crippen LogP contribution in [0, 0.1) is 0 Å². The molecule has 20 heavy (non-hydrogen) atoms. The Kier molecular flexibility index (Phi) is 5.31. The van der Waals surface area contributed by atoms with E-state index in [2.05, 4.69) is 23.6 Å². The molecule has 1 aromatic carbocycles. The largest absolute Gasteiger partial charge is 0.324 e. The fourth-order valence-electron chi connectivity index (χ4n) is 2.26. The van der Waals surface area contributed by atoms with Gasteiger partial charge in [-0.05, 0) is 43.8 Å². The predicted octanol–water partition coefficient (Wildman–Crippen LogP) is 2.94. The molecule has 1 aliphatic rings. The molecule has 110 valence electrons. The second-order valence-electron chi connectivity index (χ2n) is 5.19. The van der Waals surface area contributed by atoms with E-state index in [1.165, 1.54) is 5.56 Å². The molecule has 1 aliphatic heterocycles. The average Bonchev–Trinajstić information content (AvgIpc) is 3.00. The minimum Gasteiger partial charge on any atom is -0.324 e. The lowest BCUT2D eigenvalue weighted by Gasteiger charge is -2.24. The number of rotatable bonds is 4. The summed E-state index contributed by atoms with van der Waals surface area (Å²) in [6, 6.07) is 8.61. The van der Waals surface area contributed by atoms with E-state index in [0.29, 0.717) is 6.04 Å². The molecule has 0 bridgehead atoms. The monoisotopic (exact) mass is 293 g/mol. The Hall–Kier alpha value is -1.20. The smallest absolute Gasteiger partial charge is 0.321 e. The maximum absolute atomic E-state index is 12.2. The topological polar surface area (TPSA) is 44.4 Å². The lowest BCUT2D eigenvalue weighted by Crippen LogP contribution is -2.39. The Bertz CT molecular complexity index is 460. The predicted molar refractivity (Wildman–Crippen MR) is 86.4 cm³/mol. The Morgan fingerprint density at radius 1 is 1.50 bits per heavy atom. The number of thioether (sulfide) groups is 1. The molecule has 0 spiro atoms. The highest BCUT2D eigenvalue weighted by molar-refractivity contribution is 7.99. The van der Waals surface area contributed by atoms with Gasteiger partial charge in [0, 0.05) is 30.6 Å². The summed E-state index contributed by atoms with van der Waals surface area (Å²) < 4.78 is 0. The number of anilines is 1. The molecule has 2 atom stereocenters. The lowest BCUT2D eigenvalue weighted by molar-refractivity contribution is 0.209. The van der Waals surface area contributed by atoms with Crippen molar-refractivity contribution in [2.75, 3.05) is 30.9 Å². The Labute approximate surface area is 125 Å². The molecule has 1 heterocycles. The molecule has 4 nitrogen and oxygen atoms in total. The van der Waals surface area contributed by atoms with E-state index in [4.69, 9.17) is 0 Å². The molecular weight excluding hydrogens is 270 g/mol. The van der Waals surface area contributed by atoms with Gasteiger partial charge in [-0.3, -0.25) is 0 Å². The van der Waals surface area contributed by atoms with Crippen molar-refractivity contribution in [3.8, 4) is 0 Å². The summed E-state index contributed by atoms with van der Waals surface area (Å²) in [5.41, 5.74) is 2.02. The number of carbonyl (C=O) groups is 1. The van der Waals surface area contributed by atoms with Gasteiger partial charge in [-0.1, -0.05) is 12.1 Å². The molecule has 2 unspecified atom stereocenters. The number of benzene rings is 1. The van der Waals surface area contributed by atoms with Crippen molar-refractivity contribution < 1.29 is 4.79 Å². The van der Waals surface area contributed by atoms with Crippen LogP contribution >= 0.6 is 11.8 Å². The van der Waals surface area contributed by atoms with E-state index in [0.717, 1.165) is 23.6 Å². The van der Waals surface area contributed by atoms with Crippen LogP contribution < -0.4 is 10.6 Å². The van der Waals surface area contributed by atoms with E-state index in [9.17, 15) is 4.79 Å². The van der Waals surface area contributed by atoms with Crippen LogP contribution in [0.15, 0.2) is 24.3 Å². The molecule has 0 radical (unpaired) electrons. The zero-order chi connectivity index (χ0) is 14.5. The molecule has 0 aromatic heterocycles. The second kappa shape index (κ2) is 6.99. The first-order valence-corrected chi connectivity index (χ1v) is 8.16. The summed E-state index contributed by atoms with van der Waals surface area (Å²) in [6.45, 7) is 2.10. The SMILES string of the molecule is CNC(C)c1cccc(NC(=O)N(C)C2CCSC2)c1. The zero-order valence-electron chi connectivity index (χ0n) is 12.3. The van der Waals surface area contributed by atoms with Gasteiger partial charge in [0.15, 0.2) is 0 Å². The summed E-state index contributed by atoms with van der Waals surface area (Å²) in [7, 11) is 3.81. The van der Waals surface area contributed by atoms with Gasteiger partial charge in [0.05, 0.1) is 0 Å². The van der Waals surface area contributed by atoms with Crippen molar-refractivity contribution in [1.29, 1.82) is 0 Å². The van der Waals surface area contributed by atoms with Crippen LogP contribution in [0.1, 0.15) is 24.9 Å². The third-order valence-electron chi connectivity index (χ3n) is 3.84. The van der Waals surface area contributed by atoms with E-state index in [1.807, 2.05) is 49.0 Å². The average molecular weight is 293 g/mol. The normalized spacial score (nSPS) is 19.6. The van der Waals surface area contributed by atoms with Gasteiger partial charge in [-0.2, -0.15) is 11.8 Å². The Morgan fingerprint density at radius 3 is 2.95 bits per heavy atom. The van der Waals surface area contributed by atoms with Gasteiger partial charge in [0.2, 0.25) is 0 Å². The molecule has 1 saturated heterocycles. The maximum Gasteiger partial charge on any atom is 0.321 e. The van der Waals surface area contributed by atoms with E-state index >= 15 is 0 Å². The number of nitrogens with zero attached hydrogens (tertiary/aromatic N) is 1. The zero-order valence-corrected chi connectivity index (χ0v) is 13.2. The number of urea groups is 1. The molecule has 0 saturated carbocycles. The van der Waals surface area contributed by atoms with Crippen molar-refractivity contribution in [3.05, 3.63) is 29.8 Å². The molecule has 2 amide bonds. The fourth-order valence-corrected chi connectivity index (χ4v) is 3.53. The standard InChI is InChI=1S/C15H23N3OS/c1-11(16-2)12-5-4-6-13(9-12)17-15(19)18(3)14-7-8-20-10-14/h4-6,9,11,14,16H,7-8,10H2,1-3H3,(H,17,19). The highest BCUT2D eigenvalue weighted by Crippen LogP contribution is 2.22. The molecule has 5 heteroatoms. The second-order valence-corrected chi connectivity index (χ2v) is 6.34. The van der Waals surface area contributed by atoms with Crippen molar-refractivity contribution in [3.63, 3.8) is 0 Å². The number of nitrogens with one attached hydrogen (secondary N) is 2. The quantitative estimate of drug-likeness (QED) is 0.897. The minimum atomic E-state index is -0.0215.